The number of nitrogens with one attached hydrogen (secondary N) is 2. The number of carbonyl (C=O) groups is 2. The number of nitrogens with zero attached hydrogens (tertiary/aromatic N) is 3. The highest BCUT2D eigenvalue weighted by Crippen LogP contribution is 2.18. The van der Waals surface area contributed by atoms with E-state index in [1.165, 1.54) is 11.8 Å². The topological polar surface area (TPSA) is 88.9 Å². The summed E-state index contributed by atoms with van der Waals surface area (Å²) < 4.78 is 1.79. The highest BCUT2D eigenvalue weighted by molar-refractivity contribution is 7.99. The van der Waals surface area contributed by atoms with E-state index >= 15 is 0 Å². The molecule has 1 heterocycles. The second-order valence-electron chi connectivity index (χ2n) is 6.74. The number of rotatable bonds is 9. The molecule has 3 aromatic rings. The second kappa shape index (κ2) is 10.6. The van der Waals surface area contributed by atoms with Crippen molar-refractivity contribution in [3.63, 3.8) is 0 Å². The van der Waals surface area contributed by atoms with Crippen molar-refractivity contribution < 1.29 is 9.59 Å². The van der Waals surface area contributed by atoms with Gasteiger partial charge in [0, 0.05) is 12.7 Å². The van der Waals surface area contributed by atoms with Crippen LogP contribution in [0.25, 0.3) is 0 Å². The van der Waals surface area contributed by atoms with Crippen molar-refractivity contribution in [1.29, 1.82) is 0 Å². The minimum atomic E-state index is -0.0957. The van der Waals surface area contributed by atoms with Gasteiger partial charge in [-0.3, -0.25) is 9.59 Å². The standard InChI is InChI=1S/C22H25N5O2S/c1-3-17-11-7-8-12-18(17)24-21(29)15-30-22-26-25-19(27(22)2)14-23-20(28)13-16-9-5-4-6-10-16/h4-12H,3,13-15H2,1-2H3,(H,23,28)(H,24,29). The van der Waals surface area contributed by atoms with E-state index in [9.17, 15) is 9.59 Å². The van der Waals surface area contributed by atoms with Crippen LogP contribution in [0.4, 0.5) is 5.69 Å². The lowest BCUT2D eigenvalue weighted by Gasteiger charge is -2.09. The van der Waals surface area contributed by atoms with Crippen molar-refractivity contribution in [3.05, 3.63) is 71.5 Å². The van der Waals surface area contributed by atoms with Crippen molar-refractivity contribution in [2.24, 2.45) is 7.05 Å². The quantitative estimate of drug-likeness (QED) is 0.517. The average molecular weight is 424 g/mol. The lowest BCUT2D eigenvalue weighted by atomic mass is 10.1. The van der Waals surface area contributed by atoms with Crippen LogP contribution in [0.2, 0.25) is 0 Å². The Morgan fingerprint density at radius 3 is 2.50 bits per heavy atom. The minimum Gasteiger partial charge on any atom is -0.349 e. The van der Waals surface area contributed by atoms with Crippen LogP contribution in [0.15, 0.2) is 59.8 Å². The summed E-state index contributed by atoms with van der Waals surface area (Å²) >= 11 is 1.31. The Balaban J connectivity index is 1.49. The van der Waals surface area contributed by atoms with Gasteiger partial charge in [0.2, 0.25) is 11.8 Å². The molecular weight excluding hydrogens is 398 g/mol. The van der Waals surface area contributed by atoms with Crippen molar-refractivity contribution in [3.8, 4) is 0 Å². The highest BCUT2D eigenvalue weighted by Gasteiger charge is 2.13. The molecule has 156 valence electrons. The van der Waals surface area contributed by atoms with Crippen molar-refractivity contribution in [2.45, 2.75) is 31.5 Å². The molecule has 7 nitrogen and oxygen atoms in total. The van der Waals surface area contributed by atoms with E-state index in [4.69, 9.17) is 0 Å². The second-order valence-corrected chi connectivity index (χ2v) is 7.69. The zero-order valence-corrected chi connectivity index (χ0v) is 17.9. The average Bonchev–Trinajstić information content (AvgIpc) is 3.11. The largest absolute Gasteiger partial charge is 0.349 e. The van der Waals surface area contributed by atoms with Crippen molar-refractivity contribution >= 4 is 29.3 Å². The molecule has 0 aliphatic heterocycles. The maximum atomic E-state index is 12.3. The number of carbonyl (C=O) groups excluding carboxylic acids is 2. The van der Waals surface area contributed by atoms with Gasteiger partial charge in [-0.05, 0) is 23.6 Å². The number of aryl methyl sites for hydroxylation is 1. The smallest absolute Gasteiger partial charge is 0.234 e. The summed E-state index contributed by atoms with van der Waals surface area (Å²) in [4.78, 5) is 24.4. The summed E-state index contributed by atoms with van der Waals surface area (Å²) in [5.74, 6) is 0.689. The third-order valence-corrected chi connectivity index (χ3v) is 5.60. The van der Waals surface area contributed by atoms with Crippen LogP contribution in [-0.4, -0.2) is 32.3 Å². The highest BCUT2D eigenvalue weighted by atomic mass is 32.2. The summed E-state index contributed by atoms with van der Waals surface area (Å²) in [6.45, 7) is 2.34. The first-order valence-electron chi connectivity index (χ1n) is 9.76. The lowest BCUT2D eigenvalue weighted by molar-refractivity contribution is -0.120. The van der Waals surface area contributed by atoms with Gasteiger partial charge in [-0.2, -0.15) is 0 Å². The maximum Gasteiger partial charge on any atom is 0.234 e. The first-order valence-corrected chi connectivity index (χ1v) is 10.7. The zero-order valence-electron chi connectivity index (χ0n) is 17.1. The summed E-state index contributed by atoms with van der Waals surface area (Å²) in [6.07, 6.45) is 1.17. The Bertz CT molecular complexity index is 1000. The Labute approximate surface area is 180 Å². The van der Waals surface area contributed by atoms with E-state index in [1.807, 2.05) is 61.6 Å². The molecule has 0 atom stereocenters. The van der Waals surface area contributed by atoms with Gasteiger partial charge < -0.3 is 15.2 Å². The molecule has 8 heteroatoms. The molecule has 2 aromatic carbocycles. The van der Waals surface area contributed by atoms with Crippen LogP contribution in [-0.2, 0) is 36.0 Å². The fourth-order valence-electron chi connectivity index (χ4n) is 2.91. The first kappa shape index (κ1) is 21.6. The number of amides is 2. The molecule has 0 saturated carbocycles. The molecule has 0 fully saturated rings. The van der Waals surface area contributed by atoms with E-state index in [2.05, 4.69) is 27.8 Å². The molecule has 0 radical (unpaired) electrons. The van der Waals surface area contributed by atoms with Crippen molar-refractivity contribution in [1.82, 2.24) is 20.1 Å². The van der Waals surface area contributed by atoms with Gasteiger partial charge in [0.05, 0.1) is 18.7 Å². The van der Waals surface area contributed by atoms with E-state index < -0.39 is 0 Å². The summed E-state index contributed by atoms with van der Waals surface area (Å²) in [7, 11) is 1.82. The maximum absolute atomic E-state index is 12.3. The summed E-state index contributed by atoms with van der Waals surface area (Å²) in [5, 5.41) is 14.7. The fraction of sp³-hybridized carbons (Fsp3) is 0.273. The molecule has 0 unspecified atom stereocenters. The monoisotopic (exact) mass is 423 g/mol. The van der Waals surface area contributed by atoms with E-state index in [0.29, 0.717) is 17.4 Å². The van der Waals surface area contributed by atoms with Gasteiger partial charge in [0.15, 0.2) is 11.0 Å². The number of benzene rings is 2. The van der Waals surface area contributed by atoms with Crippen LogP contribution in [0.1, 0.15) is 23.9 Å². The normalized spacial score (nSPS) is 10.6. The summed E-state index contributed by atoms with van der Waals surface area (Å²) in [5.41, 5.74) is 2.90. The number of hydrogen-bond acceptors (Lipinski definition) is 5. The molecule has 0 saturated heterocycles. The van der Waals surface area contributed by atoms with Gasteiger partial charge >= 0.3 is 0 Å². The van der Waals surface area contributed by atoms with Crippen LogP contribution in [0.5, 0.6) is 0 Å². The predicted octanol–water partition coefficient (Wildman–Crippen LogP) is 2.97. The number of aromatic nitrogens is 3. The molecular formula is C22H25N5O2S. The lowest BCUT2D eigenvalue weighted by Crippen LogP contribution is -2.26. The zero-order chi connectivity index (χ0) is 21.3. The van der Waals surface area contributed by atoms with E-state index in [1.54, 1.807) is 4.57 Å². The third kappa shape index (κ3) is 5.93. The van der Waals surface area contributed by atoms with E-state index in [-0.39, 0.29) is 24.1 Å². The molecule has 0 bridgehead atoms. The van der Waals surface area contributed by atoms with Gasteiger partial charge in [-0.25, -0.2) is 0 Å². The Kier molecular flexibility index (Phi) is 7.62. The van der Waals surface area contributed by atoms with E-state index in [0.717, 1.165) is 23.2 Å². The number of para-hydroxylation sites is 1. The molecule has 0 spiro atoms. The molecule has 0 aliphatic rings. The molecule has 3 rings (SSSR count). The molecule has 30 heavy (non-hydrogen) atoms. The Hall–Kier alpha value is -3.13. The Morgan fingerprint density at radius 2 is 1.73 bits per heavy atom. The number of thioether (sulfide) groups is 1. The molecule has 1 aromatic heterocycles. The third-order valence-electron chi connectivity index (χ3n) is 4.58. The van der Waals surface area contributed by atoms with Gasteiger partial charge in [-0.1, -0.05) is 67.2 Å². The number of anilines is 1. The van der Waals surface area contributed by atoms with Crippen LogP contribution >= 0.6 is 11.8 Å². The van der Waals surface area contributed by atoms with Crippen LogP contribution in [0, 0.1) is 0 Å². The van der Waals surface area contributed by atoms with Crippen LogP contribution in [0.3, 0.4) is 0 Å². The van der Waals surface area contributed by atoms with Gasteiger partial charge in [0.25, 0.3) is 0 Å². The SMILES string of the molecule is CCc1ccccc1NC(=O)CSc1nnc(CNC(=O)Cc2ccccc2)n1C. The minimum absolute atomic E-state index is 0.0765. The number of hydrogen-bond donors (Lipinski definition) is 2. The van der Waals surface area contributed by atoms with Crippen LogP contribution < -0.4 is 10.6 Å². The Morgan fingerprint density at radius 1 is 1.00 bits per heavy atom. The molecule has 2 N–H and O–H groups in total. The van der Waals surface area contributed by atoms with Gasteiger partial charge in [0.1, 0.15) is 0 Å². The van der Waals surface area contributed by atoms with Crippen molar-refractivity contribution in [2.75, 3.05) is 11.1 Å². The molecule has 2 amide bonds. The first-order chi connectivity index (χ1) is 14.6. The predicted molar refractivity (Wildman–Crippen MR) is 118 cm³/mol. The molecule has 0 aliphatic carbocycles. The van der Waals surface area contributed by atoms with Gasteiger partial charge in [-0.15, -0.1) is 10.2 Å². The fourth-order valence-corrected chi connectivity index (χ4v) is 3.64. The summed E-state index contributed by atoms with van der Waals surface area (Å²) in [6, 6.07) is 17.3.